The largest absolute Gasteiger partial charge is 0.383 e. The molecule has 1 aromatic rings. The lowest BCUT2D eigenvalue weighted by Crippen LogP contribution is -2.36. The van der Waals surface area contributed by atoms with Crippen LogP contribution in [0.1, 0.15) is 0 Å². The van der Waals surface area contributed by atoms with Gasteiger partial charge in [0.25, 0.3) is 15.7 Å². The van der Waals surface area contributed by atoms with Crippen LogP contribution in [0.2, 0.25) is 0 Å². The summed E-state index contributed by atoms with van der Waals surface area (Å²) in [5, 5.41) is 14.6. The summed E-state index contributed by atoms with van der Waals surface area (Å²) >= 11 is 0. The van der Waals surface area contributed by atoms with Gasteiger partial charge in [-0.1, -0.05) is 0 Å². The summed E-state index contributed by atoms with van der Waals surface area (Å²) in [6.45, 7) is 0. The first-order chi connectivity index (χ1) is 8.27. The molecule has 0 radical (unpaired) electrons. The molecule has 0 fully saturated rings. The highest BCUT2D eigenvalue weighted by Crippen LogP contribution is 2.26. The third kappa shape index (κ3) is 3.15. The van der Waals surface area contributed by atoms with Gasteiger partial charge in [0, 0.05) is 27.2 Å². The Kier molecular flexibility index (Phi) is 4.22. The second kappa shape index (κ2) is 5.29. The zero-order valence-electron chi connectivity index (χ0n) is 10.2. The summed E-state index contributed by atoms with van der Waals surface area (Å²) in [6.07, 6.45) is 0. The van der Waals surface area contributed by atoms with Crippen LogP contribution in [0.3, 0.4) is 0 Å². The van der Waals surface area contributed by atoms with Crippen molar-refractivity contribution in [1.82, 2.24) is 9.84 Å². The lowest BCUT2D eigenvalue weighted by atomic mass is 10.3. The standard InChI is InChI=1S/C9H14N4O4S/c1-10-8-6-7(4-5-9(8)13(14)15)18(16,17)11-12(2)3/h4-6,10-11H,1-3H3. The highest BCUT2D eigenvalue weighted by Gasteiger charge is 2.20. The van der Waals surface area contributed by atoms with E-state index < -0.39 is 14.9 Å². The number of hydrazine groups is 1. The zero-order chi connectivity index (χ0) is 13.9. The molecule has 9 heteroatoms. The fraction of sp³-hybridized carbons (Fsp3) is 0.333. The van der Waals surface area contributed by atoms with Crippen molar-refractivity contribution >= 4 is 21.4 Å². The molecule has 0 amide bonds. The number of benzene rings is 1. The highest BCUT2D eigenvalue weighted by molar-refractivity contribution is 7.89. The molecule has 0 aliphatic carbocycles. The van der Waals surface area contributed by atoms with Gasteiger partial charge in [-0.05, 0) is 12.1 Å². The van der Waals surface area contributed by atoms with Crippen molar-refractivity contribution in [3.05, 3.63) is 28.3 Å². The van der Waals surface area contributed by atoms with Gasteiger partial charge in [-0.2, -0.15) is 0 Å². The van der Waals surface area contributed by atoms with E-state index in [0.717, 1.165) is 6.07 Å². The lowest BCUT2D eigenvalue weighted by Gasteiger charge is -2.13. The summed E-state index contributed by atoms with van der Waals surface area (Å²) in [5.41, 5.74) is -0.0389. The molecule has 18 heavy (non-hydrogen) atoms. The van der Waals surface area contributed by atoms with Crippen molar-refractivity contribution in [2.24, 2.45) is 0 Å². The molecule has 8 nitrogen and oxygen atoms in total. The second-order valence-electron chi connectivity index (χ2n) is 3.68. The molecule has 1 aromatic carbocycles. The number of rotatable bonds is 5. The number of anilines is 1. The predicted molar refractivity (Wildman–Crippen MR) is 66.7 cm³/mol. The molecule has 1 rings (SSSR count). The number of sulfonamides is 1. The van der Waals surface area contributed by atoms with Crippen molar-refractivity contribution in [1.29, 1.82) is 0 Å². The van der Waals surface area contributed by atoms with Gasteiger partial charge in [-0.3, -0.25) is 10.1 Å². The molecule has 2 N–H and O–H groups in total. The summed E-state index contributed by atoms with van der Waals surface area (Å²) in [4.78, 5) is 12.3. The molecule has 0 heterocycles. The monoisotopic (exact) mass is 274 g/mol. The molecule has 0 spiro atoms. The zero-order valence-corrected chi connectivity index (χ0v) is 11.0. The minimum atomic E-state index is -3.72. The van der Waals surface area contributed by atoms with E-state index in [1.807, 2.05) is 0 Å². The minimum absolute atomic E-state index is 0.0499. The maximum absolute atomic E-state index is 11.8. The Morgan fingerprint density at radius 2 is 1.94 bits per heavy atom. The van der Waals surface area contributed by atoms with Crippen LogP contribution in [0.5, 0.6) is 0 Å². The summed E-state index contributed by atoms with van der Waals surface area (Å²) in [6, 6.07) is 3.55. The number of nitrogens with zero attached hydrogens (tertiary/aromatic N) is 2. The van der Waals surface area contributed by atoms with Crippen molar-refractivity contribution < 1.29 is 13.3 Å². The Bertz CT molecular complexity index is 556. The summed E-state index contributed by atoms with van der Waals surface area (Å²) < 4.78 is 23.7. The molecule has 0 atom stereocenters. The fourth-order valence-corrected chi connectivity index (χ4v) is 2.44. The Morgan fingerprint density at radius 3 is 2.39 bits per heavy atom. The van der Waals surface area contributed by atoms with E-state index in [0.29, 0.717) is 0 Å². The van der Waals surface area contributed by atoms with E-state index >= 15 is 0 Å². The molecule has 0 aliphatic heterocycles. The average molecular weight is 274 g/mol. The maximum Gasteiger partial charge on any atom is 0.292 e. The van der Waals surface area contributed by atoms with E-state index in [2.05, 4.69) is 10.1 Å². The van der Waals surface area contributed by atoms with Crippen LogP contribution < -0.4 is 10.1 Å². The molecule has 0 aliphatic rings. The number of nitro benzene ring substituents is 1. The number of nitrogens with one attached hydrogen (secondary N) is 2. The minimum Gasteiger partial charge on any atom is -0.383 e. The van der Waals surface area contributed by atoms with Gasteiger partial charge in [-0.25, -0.2) is 13.4 Å². The van der Waals surface area contributed by atoms with Crippen molar-refractivity contribution in [2.45, 2.75) is 4.90 Å². The average Bonchev–Trinajstić information content (AvgIpc) is 2.26. The maximum atomic E-state index is 11.8. The molecule has 0 unspecified atom stereocenters. The van der Waals surface area contributed by atoms with Crippen LogP contribution in [0.15, 0.2) is 23.1 Å². The highest BCUT2D eigenvalue weighted by atomic mass is 32.2. The van der Waals surface area contributed by atoms with Crippen LogP contribution in [0, 0.1) is 10.1 Å². The Balaban J connectivity index is 3.25. The third-order valence-electron chi connectivity index (χ3n) is 2.05. The smallest absolute Gasteiger partial charge is 0.292 e. The quantitative estimate of drug-likeness (QED) is 0.594. The normalized spacial score (nSPS) is 11.6. The predicted octanol–water partition coefficient (Wildman–Crippen LogP) is 0.391. The van der Waals surface area contributed by atoms with Gasteiger partial charge in [0.1, 0.15) is 5.69 Å². The Hall–Kier alpha value is -1.71. The SMILES string of the molecule is CNc1cc(S(=O)(=O)NN(C)C)ccc1[N+](=O)[O-]. The first kappa shape index (κ1) is 14.4. The van der Waals surface area contributed by atoms with Crippen molar-refractivity contribution in [3.8, 4) is 0 Å². The number of hydrogen-bond acceptors (Lipinski definition) is 6. The number of hydrogen-bond donors (Lipinski definition) is 2. The fourth-order valence-electron chi connectivity index (χ4n) is 1.33. The first-order valence-corrected chi connectivity index (χ1v) is 6.42. The van der Waals surface area contributed by atoms with Gasteiger partial charge >= 0.3 is 0 Å². The molecule has 0 saturated carbocycles. The third-order valence-corrected chi connectivity index (χ3v) is 3.53. The Labute approximate surface area is 105 Å². The van der Waals surface area contributed by atoms with E-state index in [9.17, 15) is 18.5 Å². The van der Waals surface area contributed by atoms with E-state index in [1.165, 1.54) is 38.3 Å². The summed E-state index contributed by atoms with van der Waals surface area (Å²) in [5.74, 6) is 0. The topological polar surface area (TPSA) is 105 Å². The lowest BCUT2D eigenvalue weighted by molar-refractivity contribution is -0.384. The second-order valence-corrected chi connectivity index (χ2v) is 5.34. The van der Waals surface area contributed by atoms with Crippen LogP contribution in [-0.2, 0) is 10.0 Å². The van der Waals surface area contributed by atoms with E-state index in [-0.39, 0.29) is 16.3 Å². The number of nitro groups is 1. The molecular weight excluding hydrogens is 260 g/mol. The van der Waals surface area contributed by atoms with Gasteiger partial charge in [0.15, 0.2) is 0 Å². The van der Waals surface area contributed by atoms with Gasteiger partial charge < -0.3 is 5.32 Å². The van der Waals surface area contributed by atoms with Crippen molar-refractivity contribution in [3.63, 3.8) is 0 Å². The first-order valence-electron chi connectivity index (χ1n) is 4.94. The summed E-state index contributed by atoms with van der Waals surface area (Å²) in [7, 11) is 0.822. The van der Waals surface area contributed by atoms with Gasteiger partial charge in [0.2, 0.25) is 0 Å². The molecule has 100 valence electrons. The van der Waals surface area contributed by atoms with Crippen molar-refractivity contribution in [2.75, 3.05) is 26.5 Å². The Morgan fingerprint density at radius 1 is 1.33 bits per heavy atom. The van der Waals surface area contributed by atoms with Crippen LogP contribution in [-0.4, -0.2) is 39.5 Å². The van der Waals surface area contributed by atoms with Crippen LogP contribution in [0.25, 0.3) is 0 Å². The molecular formula is C9H14N4O4S. The van der Waals surface area contributed by atoms with Gasteiger partial charge in [-0.15, -0.1) is 4.83 Å². The van der Waals surface area contributed by atoms with E-state index in [4.69, 9.17) is 0 Å². The van der Waals surface area contributed by atoms with Crippen LogP contribution >= 0.6 is 0 Å². The molecule has 0 bridgehead atoms. The molecule has 0 saturated heterocycles. The molecule has 0 aromatic heterocycles. The van der Waals surface area contributed by atoms with Gasteiger partial charge in [0.05, 0.1) is 9.82 Å². The van der Waals surface area contributed by atoms with E-state index in [1.54, 1.807) is 0 Å². The van der Waals surface area contributed by atoms with Crippen LogP contribution in [0.4, 0.5) is 11.4 Å².